The summed E-state index contributed by atoms with van der Waals surface area (Å²) >= 11 is -1.17. The van der Waals surface area contributed by atoms with Crippen LogP contribution in [0.2, 0.25) is 12.5 Å². The summed E-state index contributed by atoms with van der Waals surface area (Å²) in [4.78, 5) is 4.72. The Morgan fingerprint density at radius 1 is 0.824 bits per heavy atom. The molecule has 0 aromatic heterocycles. The second-order valence-corrected chi connectivity index (χ2v) is 16.6. The third-order valence-corrected chi connectivity index (χ3v) is 14.2. The van der Waals surface area contributed by atoms with Crippen molar-refractivity contribution in [3.63, 3.8) is 0 Å². The van der Waals surface area contributed by atoms with Crippen LogP contribution >= 0.6 is 0 Å². The van der Waals surface area contributed by atoms with Gasteiger partial charge in [-0.15, -0.1) is 0 Å². The zero-order valence-electron chi connectivity index (χ0n) is 13.2. The Hall–Kier alpha value is 0.790. The first kappa shape index (κ1) is 17.8. The fourth-order valence-electron chi connectivity index (χ4n) is 2.02. The van der Waals surface area contributed by atoms with Gasteiger partial charge in [-0.3, -0.25) is 0 Å². The number of hydrogen-bond acceptors (Lipinski definition) is 2. The molecule has 0 radical (unpaired) electrons. The average molecular weight is 344 g/mol. The molecule has 0 heterocycles. The predicted octanol–water partition coefficient (Wildman–Crippen LogP) is 3.18. The summed E-state index contributed by atoms with van der Waals surface area (Å²) in [5.74, 6) is 0. The van der Waals surface area contributed by atoms with Gasteiger partial charge in [-0.25, -0.2) is 0 Å². The van der Waals surface area contributed by atoms with Crippen molar-refractivity contribution in [2.24, 2.45) is 0 Å². The minimum atomic E-state index is -1.17. The van der Waals surface area contributed by atoms with Crippen LogP contribution in [0.15, 0.2) is 0 Å². The van der Waals surface area contributed by atoms with Gasteiger partial charge >= 0.3 is 118 Å². The molecule has 0 aromatic carbocycles. The number of rotatable bonds is 9. The fourth-order valence-corrected chi connectivity index (χ4v) is 10.6. The van der Waals surface area contributed by atoms with Crippen molar-refractivity contribution in [3.8, 4) is 0 Å². The standard InChI is InChI=1S/2C6H14N.C2H5.In/c2*1-5-6(2)7(3)4;1-2;/h2*6H,1,5H2,2-4H3;1H2,2H3;. The Labute approximate surface area is 117 Å². The molecule has 0 aliphatic rings. The van der Waals surface area contributed by atoms with Gasteiger partial charge in [0.25, 0.3) is 0 Å². The van der Waals surface area contributed by atoms with E-state index in [0.29, 0.717) is 0 Å². The summed E-state index contributed by atoms with van der Waals surface area (Å²) in [6.45, 7) is 7.16. The predicted molar refractivity (Wildman–Crippen MR) is 81.4 cm³/mol. The van der Waals surface area contributed by atoms with E-state index in [2.05, 4.69) is 58.8 Å². The van der Waals surface area contributed by atoms with E-state index in [1.165, 1.54) is 12.8 Å². The molecule has 2 nitrogen and oxygen atoms in total. The molecular formula is C14H33InN2. The number of nitrogens with zero attached hydrogens (tertiary/aromatic N) is 2. The molecule has 0 N–H and O–H groups in total. The third kappa shape index (κ3) is 8.50. The molecule has 102 valence electrons. The topological polar surface area (TPSA) is 6.48 Å². The molecule has 0 saturated carbocycles. The quantitative estimate of drug-likeness (QED) is 0.634. The van der Waals surface area contributed by atoms with Crippen LogP contribution in [-0.4, -0.2) is 71.5 Å². The minimum absolute atomic E-state index is 0.770. The van der Waals surface area contributed by atoms with Crippen LogP contribution in [0.25, 0.3) is 0 Å². The van der Waals surface area contributed by atoms with E-state index in [1.54, 1.807) is 12.5 Å². The Balaban J connectivity index is 3.84. The van der Waals surface area contributed by atoms with Crippen molar-refractivity contribution >= 4 is 21.4 Å². The SMILES string of the molecule is C[CH2][In]([CH2]CC(C)N(C)C)[CH2]CC(C)N(C)C. The second-order valence-electron chi connectivity index (χ2n) is 6.05. The van der Waals surface area contributed by atoms with Crippen LogP contribution in [0, 0.1) is 0 Å². The maximum absolute atomic E-state index is 2.43. The van der Waals surface area contributed by atoms with E-state index >= 15 is 0 Å². The normalized spacial score (nSPS) is 15.4. The van der Waals surface area contributed by atoms with Gasteiger partial charge in [0.1, 0.15) is 0 Å². The Kier molecular flexibility index (Phi) is 10.1. The Morgan fingerprint density at radius 2 is 1.18 bits per heavy atom. The maximum atomic E-state index is 2.43. The second kappa shape index (κ2) is 9.69. The third-order valence-electron chi connectivity index (χ3n) is 4.33. The van der Waals surface area contributed by atoms with Crippen molar-refractivity contribution in [2.75, 3.05) is 28.2 Å². The molecule has 0 aliphatic heterocycles. The Morgan fingerprint density at radius 3 is 1.41 bits per heavy atom. The van der Waals surface area contributed by atoms with Crippen LogP contribution in [0.4, 0.5) is 0 Å². The Bertz CT molecular complexity index is 165. The molecule has 2 atom stereocenters. The van der Waals surface area contributed by atoms with Gasteiger partial charge in [-0.2, -0.15) is 0 Å². The average Bonchev–Trinajstić information content (AvgIpc) is 2.28. The summed E-state index contributed by atoms with van der Waals surface area (Å²) in [5.41, 5.74) is 0. The van der Waals surface area contributed by atoms with Gasteiger partial charge in [0.05, 0.1) is 0 Å². The molecule has 17 heavy (non-hydrogen) atoms. The van der Waals surface area contributed by atoms with E-state index in [4.69, 9.17) is 0 Å². The zero-order valence-corrected chi connectivity index (χ0v) is 16.5. The van der Waals surface area contributed by atoms with E-state index in [0.717, 1.165) is 12.1 Å². The zero-order chi connectivity index (χ0) is 13.4. The van der Waals surface area contributed by atoms with Crippen LogP contribution in [0.5, 0.6) is 0 Å². The van der Waals surface area contributed by atoms with Crippen LogP contribution in [0.1, 0.15) is 33.6 Å². The van der Waals surface area contributed by atoms with Gasteiger partial charge in [-0.05, 0) is 0 Å². The molecule has 3 heteroatoms. The molecule has 0 spiro atoms. The van der Waals surface area contributed by atoms with Gasteiger partial charge < -0.3 is 0 Å². The van der Waals surface area contributed by atoms with Crippen molar-refractivity contribution in [1.29, 1.82) is 0 Å². The first-order valence-corrected chi connectivity index (χ1v) is 14.2. The van der Waals surface area contributed by atoms with Gasteiger partial charge in [0, 0.05) is 0 Å². The summed E-state index contributed by atoms with van der Waals surface area (Å²) < 4.78 is 4.73. The van der Waals surface area contributed by atoms with E-state index in [1.807, 2.05) is 0 Å². The van der Waals surface area contributed by atoms with E-state index in [9.17, 15) is 0 Å². The summed E-state index contributed by atoms with van der Waals surface area (Å²) in [6.07, 6.45) is 2.86. The van der Waals surface area contributed by atoms with Gasteiger partial charge in [-0.1, -0.05) is 0 Å². The first-order valence-electron chi connectivity index (χ1n) is 7.21. The molecule has 0 aliphatic carbocycles. The van der Waals surface area contributed by atoms with Crippen molar-refractivity contribution in [2.45, 2.75) is 58.2 Å². The first-order chi connectivity index (χ1) is 7.88. The molecular weight excluding hydrogens is 311 g/mol. The van der Waals surface area contributed by atoms with Crippen LogP contribution in [0.3, 0.4) is 0 Å². The van der Waals surface area contributed by atoms with Crippen LogP contribution < -0.4 is 0 Å². The van der Waals surface area contributed by atoms with E-state index in [-0.39, 0.29) is 0 Å². The summed E-state index contributed by atoms with van der Waals surface area (Å²) in [7, 11) is 8.81. The van der Waals surface area contributed by atoms with Gasteiger partial charge in [0.15, 0.2) is 0 Å². The molecule has 0 bridgehead atoms. The molecule has 0 fully saturated rings. The molecule has 0 saturated heterocycles. The van der Waals surface area contributed by atoms with Crippen molar-refractivity contribution in [3.05, 3.63) is 0 Å². The van der Waals surface area contributed by atoms with Crippen molar-refractivity contribution in [1.82, 2.24) is 9.80 Å². The number of hydrogen-bond donors (Lipinski definition) is 0. The molecule has 2 unspecified atom stereocenters. The van der Waals surface area contributed by atoms with E-state index < -0.39 is 21.4 Å². The monoisotopic (exact) mass is 344 g/mol. The molecule has 0 rings (SSSR count). The fraction of sp³-hybridized carbons (Fsp3) is 1.00. The summed E-state index contributed by atoms with van der Waals surface area (Å²) in [5, 5.41) is 0. The summed E-state index contributed by atoms with van der Waals surface area (Å²) in [6, 6.07) is 1.54. The molecule has 0 aromatic rings. The van der Waals surface area contributed by atoms with Gasteiger partial charge in [0.2, 0.25) is 0 Å². The van der Waals surface area contributed by atoms with Crippen molar-refractivity contribution < 1.29 is 0 Å². The molecule has 0 amide bonds. The van der Waals surface area contributed by atoms with Crippen LogP contribution in [-0.2, 0) is 0 Å².